The molecule has 0 spiro atoms. The molecule has 0 bridgehead atoms. The monoisotopic (exact) mass is 213 g/mol. The van der Waals surface area contributed by atoms with E-state index in [1.165, 1.54) is 6.33 Å². The van der Waals surface area contributed by atoms with Gasteiger partial charge in [-0.2, -0.15) is 5.10 Å². The zero-order valence-corrected chi connectivity index (χ0v) is 9.93. The van der Waals surface area contributed by atoms with Crippen molar-refractivity contribution < 1.29 is 9.84 Å². The van der Waals surface area contributed by atoms with Gasteiger partial charge in [-0.3, -0.25) is 0 Å². The van der Waals surface area contributed by atoms with Crippen LogP contribution in [0.1, 0.15) is 52.8 Å². The lowest BCUT2D eigenvalue weighted by Gasteiger charge is -2.24. The largest absolute Gasteiger partial charge is 0.362 e. The molecule has 1 heterocycles. The second-order valence-electron chi connectivity index (χ2n) is 4.74. The van der Waals surface area contributed by atoms with E-state index in [1.54, 1.807) is 4.68 Å². The molecule has 86 valence electrons. The minimum atomic E-state index is -1.03. The molecule has 5 heteroatoms. The van der Waals surface area contributed by atoms with Gasteiger partial charge in [0.05, 0.1) is 5.60 Å². The second kappa shape index (κ2) is 4.28. The minimum Gasteiger partial charge on any atom is -0.362 e. The van der Waals surface area contributed by atoms with Gasteiger partial charge >= 0.3 is 0 Å². The molecule has 0 amide bonds. The lowest BCUT2D eigenvalue weighted by Crippen LogP contribution is -2.25. The molecule has 0 fully saturated rings. The van der Waals surface area contributed by atoms with Crippen LogP contribution >= 0.6 is 0 Å². The van der Waals surface area contributed by atoms with Crippen LogP contribution < -0.4 is 0 Å². The van der Waals surface area contributed by atoms with Gasteiger partial charge in [-0.1, -0.05) is 0 Å². The van der Waals surface area contributed by atoms with E-state index in [4.69, 9.17) is 4.74 Å². The predicted molar refractivity (Wildman–Crippen MR) is 56.2 cm³/mol. The fourth-order valence-corrected chi connectivity index (χ4v) is 1.22. The Morgan fingerprint density at radius 3 is 2.47 bits per heavy atom. The van der Waals surface area contributed by atoms with Crippen molar-refractivity contribution >= 4 is 0 Å². The van der Waals surface area contributed by atoms with Gasteiger partial charge in [0.25, 0.3) is 0 Å². The van der Waals surface area contributed by atoms with E-state index in [0.717, 1.165) is 0 Å². The van der Waals surface area contributed by atoms with Gasteiger partial charge in [0.15, 0.2) is 5.82 Å². The molecule has 1 N–H and O–H groups in total. The maximum absolute atomic E-state index is 9.83. The Morgan fingerprint density at radius 1 is 1.40 bits per heavy atom. The van der Waals surface area contributed by atoms with Crippen LogP contribution in [0, 0.1) is 0 Å². The first-order valence-corrected chi connectivity index (χ1v) is 5.06. The average Bonchev–Trinajstić information content (AvgIpc) is 2.47. The lowest BCUT2D eigenvalue weighted by molar-refractivity contribution is -0.175. The van der Waals surface area contributed by atoms with E-state index in [9.17, 15) is 5.11 Å². The van der Waals surface area contributed by atoms with Crippen LogP contribution in [0.3, 0.4) is 0 Å². The molecule has 0 aliphatic rings. The molecule has 0 saturated carbocycles. The second-order valence-corrected chi connectivity index (χ2v) is 4.74. The number of rotatable bonds is 3. The molecule has 1 atom stereocenters. The summed E-state index contributed by atoms with van der Waals surface area (Å²) in [5.41, 5.74) is -0.410. The third-order valence-electron chi connectivity index (χ3n) is 1.78. The Kier molecular flexibility index (Phi) is 3.46. The van der Waals surface area contributed by atoms with E-state index in [1.807, 2.05) is 34.6 Å². The minimum absolute atomic E-state index is 0.153. The molecule has 0 radical (unpaired) electrons. The van der Waals surface area contributed by atoms with Crippen molar-refractivity contribution in [1.82, 2.24) is 14.8 Å². The van der Waals surface area contributed by atoms with Gasteiger partial charge in [0, 0.05) is 6.04 Å². The maximum Gasteiger partial charge on any atom is 0.216 e. The summed E-state index contributed by atoms with van der Waals surface area (Å²) in [4.78, 5) is 4.00. The zero-order valence-electron chi connectivity index (χ0n) is 9.93. The number of hydrogen-bond donors (Lipinski definition) is 1. The number of aromatic nitrogens is 3. The third kappa shape index (κ3) is 3.28. The molecule has 15 heavy (non-hydrogen) atoms. The molecule has 5 nitrogen and oxygen atoms in total. The molecule has 0 saturated heterocycles. The average molecular weight is 213 g/mol. The van der Waals surface area contributed by atoms with Crippen LogP contribution in [0.15, 0.2) is 6.33 Å². The van der Waals surface area contributed by atoms with Gasteiger partial charge in [-0.15, -0.1) is 0 Å². The molecular weight excluding hydrogens is 194 g/mol. The highest BCUT2D eigenvalue weighted by Gasteiger charge is 2.23. The standard InChI is InChI=1S/C10H19N3O2/c1-7(2)13-8(11-6-12-13)9(14)15-10(3,4)5/h6-7,9,14H,1-5H3. The summed E-state index contributed by atoms with van der Waals surface area (Å²) in [7, 11) is 0. The molecule has 1 unspecified atom stereocenters. The van der Waals surface area contributed by atoms with Gasteiger partial charge < -0.3 is 9.84 Å². The van der Waals surface area contributed by atoms with Crippen LogP contribution in [0.2, 0.25) is 0 Å². The fourth-order valence-electron chi connectivity index (χ4n) is 1.22. The predicted octanol–water partition coefficient (Wildman–Crippen LogP) is 1.67. The molecule has 0 aliphatic carbocycles. The van der Waals surface area contributed by atoms with Gasteiger partial charge in [0.2, 0.25) is 6.29 Å². The number of aliphatic hydroxyl groups excluding tert-OH is 1. The Balaban J connectivity index is 2.82. The number of aliphatic hydroxyl groups is 1. The Labute approximate surface area is 90.1 Å². The van der Waals surface area contributed by atoms with Crippen molar-refractivity contribution in [2.75, 3.05) is 0 Å². The highest BCUT2D eigenvalue weighted by Crippen LogP contribution is 2.21. The first-order valence-electron chi connectivity index (χ1n) is 5.06. The molecule has 1 aromatic heterocycles. The highest BCUT2D eigenvalue weighted by molar-refractivity contribution is 4.88. The van der Waals surface area contributed by atoms with Crippen molar-refractivity contribution in [3.63, 3.8) is 0 Å². The summed E-state index contributed by atoms with van der Waals surface area (Å²) < 4.78 is 7.05. The normalized spacial score (nSPS) is 14.6. The van der Waals surface area contributed by atoms with Crippen molar-refractivity contribution in [2.45, 2.75) is 52.6 Å². The zero-order chi connectivity index (χ0) is 11.6. The molecule has 0 aromatic carbocycles. The van der Waals surface area contributed by atoms with Gasteiger partial charge in [0.1, 0.15) is 6.33 Å². The van der Waals surface area contributed by atoms with E-state index in [-0.39, 0.29) is 6.04 Å². The maximum atomic E-state index is 9.83. The summed E-state index contributed by atoms with van der Waals surface area (Å²) >= 11 is 0. The van der Waals surface area contributed by atoms with Gasteiger partial charge in [-0.25, -0.2) is 9.67 Å². The topological polar surface area (TPSA) is 60.2 Å². The van der Waals surface area contributed by atoms with E-state index in [2.05, 4.69) is 10.1 Å². The van der Waals surface area contributed by atoms with Gasteiger partial charge in [-0.05, 0) is 34.6 Å². The number of ether oxygens (including phenoxy) is 1. The Morgan fingerprint density at radius 2 is 2.00 bits per heavy atom. The quantitative estimate of drug-likeness (QED) is 0.776. The summed E-state index contributed by atoms with van der Waals surface area (Å²) in [6.45, 7) is 9.59. The number of nitrogens with zero attached hydrogens (tertiary/aromatic N) is 3. The van der Waals surface area contributed by atoms with Crippen LogP contribution in [-0.4, -0.2) is 25.5 Å². The van der Waals surface area contributed by atoms with Crippen molar-refractivity contribution in [1.29, 1.82) is 0 Å². The van der Waals surface area contributed by atoms with Crippen LogP contribution in [-0.2, 0) is 4.74 Å². The van der Waals surface area contributed by atoms with Crippen molar-refractivity contribution in [2.24, 2.45) is 0 Å². The van der Waals surface area contributed by atoms with Crippen molar-refractivity contribution in [3.8, 4) is 0 Å². The first kappa shape index (κ1) is 12.1. The third-order valence-corrected chi connectivity index (χ3v) is 1.78. The van der Waals surface area contributed by atoms with E-state index >= 15 is 0 Å². The Bertz CT molecular complexity index is 315. The van der Waals surface area contributed by atoms with E-state index in [0.29, 0.717) is 5.82 Å². The molecule has 1 rings (SSSR count). The summed E-state index contributed by atoms with van der Waals surface area (Å²) in [5.74, 6) is 0.444. The SMILES string of the molecule is CC(C)n1ncnc1C(O)OC(C)(C)C. The summed E-state index contributed by atoms with van der Waals surface area (Å²) in [6.07, 6.45) is 0.389. The number of hydrogen-bond acceptors (Lipinski definition) is 4. The van der Waals surface area contributed by atoms with Crippen LogP contribution in [0.4, 0.5) is 0 Å². The van der Waals surface area contributed by atoms with E-state index < -0.39 is 11.9 Å². The summed E-state index contributed by atoms with van der Waals surface area (Å²) in [5, 5.41) is 13.9. The smallest absolute Gasteiger partial charge is 0.216 e. The Hall–Kier alpha value is -0.940. The molecule has 0 aliphatic heterocycles. The van der Waals surface area contributed by atoms with Crippen molar-refractivity contribution in [3.05, 3.63) is 12.2 Å². The van der Waals surface area contributed by atoms with Crippen LogP contribution in [0.5, 0.6) is 0 Å². The van der Waals surface area contributed by atoms with Crippen LogP contribution in [0.25, 0.3) is 0 Å². The highest BCUT2D eigenvalue weighted by atomic mass is 16.6. The molecular formula is C10H19N3O2. The molecule has 1 aromatic rings. The lowest BCUT2D eigenvalue weighted by atomic mass is 10.2. The summed E-state index contributed by atoms with van der Waals surface area (Å²) in [6, 6.07) is 0.153. The fraction of sp³-hybridized carbons (Fsp3) is 0.800. The first-order chi connectivity index (χ1) is 6.81.